The van der Waals surface area contributed by atoms with Gasteiger partial charge in [0.25, 0.3) is 6.43 Å². The van der Waals surface area contributed by atoms with Gasteiger partial charge in [0.05, 0.1) is 5.56 Å². The van der Waals surface area contributed by atoms with Crippen molar-refractivity contribution in [3.63, 3.8) is 0 Å². The minimum absolute atomic E-state index is 0.349. The monoisotopic (exact) mass is 401 g/mol. The second-order valence-electron chi connectivity index (χ2n) is 2.50. The lowest BCUT2D eigenvalue weighted by atomic mass is 10.2. The zero-order valence-electron chi connectivity index (χ0n) is 6.75. The van der Waals surface area contributed by atoms with Crippen molar-refractivity contribution < 1.29 is 22.0 Å². The van der Waals surface area contributed by atoms with Crippen LogP contribution in [-0.4, -0.2) is 4.98 Å². The highest BCUT2D eigenvalue weighted by molar-refractivity contribution is 14.1. The van der Waals surface area contributed by atoms with Crippen molar-refractivity contribution in [2.24, 2.45) is 0 Å². The number of nitrogens with zero attached hydrogens (tertiary/aromatic N) is 1. The number of alkyl halides is 5. The summed E-state index contributed by atoms with van der Waals surface area (Å²) in [5.41, 5.74) is -1.72. The van der Waals surface area contributed by atoms with E-state index in [4.69, 9.17) is 0 Å². The lowest BCUT2D eigenvalue weighted by molar-refractivity contribution is -0.142. The first-order valence-electron chi connectivity index (χ1n) is 3.44. The van der Waals surface area contributed by atoms with Crippen LogP contribution in [0.2, 0.25) is 0 Å². The molecule has 0 N–H and O–H groups in total. The quantitative estimate of drug-likeness (QED) is 0.386. The molecule has 0 bridgehead atoms. The Labute approximate surface area is 103 Å². The molecule has 84 valence electrons. The second-order valence-corrected chi connectivity index (χ2v) is 4.41. The molecule has 0 radical (unpaired) electrons. The van der Waals surface area contributed by atoms with Crippen LogP contribution in [-0.2, 0) is 6.18 Å². The van der Waals surface area contributed by atoms with Crippen LogP contribution in [0.3, 0.4) is 0 Å². The van der Waals surface area contributed by atoms with E-state index in [9.17, 15) is 22.0 Å². The van der Waals surface area contributed by atoms with Crippen molar-refractivity contribution in [2.45, 2.75) is 12.6 Å². The van der Waals surface area contributed by atoms with Gasteiger partial charge in [0.15, 0.2) is 5.69 Å². The third-order valence-corrected chi connectivity index (χ3v) is 2.92. The average Bonchev–Trinajstić information content (AvgIpc) is 2.06. The lowest BCUT2D eigenvalue weighted by Gasteiger charge is -2.10. The third kappa shape index (κ3) is 2.99. The van der Waals surface area contributed by atoms with Gasteiger partial charge < -0.3 is 0 Å². The second kappa shape index (κ2) is 4.48. The number of rotatable bonds is 1. The molecule has 1 rings (SSSR count). The molecule has 0 saturated heterocycles. The SMILES string of the molecule is FC(F)c1cc(I)c(C(F)(F)F)nc1Br. The molecular formula is C7H2BrF5IN. The van der Waals surface area contributed by atoms with Crippen molar-refractivity contribution in [1.82, 2.24) is 4.98 Å². The van der Waals surface area contributed by atoms with Crippen LogP contribution in [0.1, 0.15) is 17.7 Å². The lowest BCUT2D eigenvalue weighted by Crippen LogP contribution is -2.12. The standard InChI is InChI=1S/C7H2BrF5IN/c8-5-2(6(9)10)1-3(14)4(15-5)7(11,12)13/h1,6H. The Morgan fingerprint density at radius 3 is 2.27 bits per heavy atom. The molecule has 0 unspecified atom stereocenters. The van der Waals surface area contributed by atoms with Gasteiger partial charge in [0.1, 0.15) is 4.60 Å². The predicted molar refractivity (Wildman–Crippen MR) is 54.6 cm³/mol. The Bertz CT molecular complexity index is 378. The van der Waals surface area contributed by atoms with Crippen LogP contribution >= 0.6 is 38.5 Å². The summed E-state index contributed by atoms with van der Waals surface area (Å²) in [4.78, 5) is 3.07. The minimum Gasteiger partial charge on any atom is -0.235 e. The summed E-state index contributed by atoms with van der Waals surface area (Å²) >= 11 is 3.90. The summed E-state index contributed by atoms with van der Waals surface area (Å²) in [6.45, 7) is 0. The Hall–Kier alpha value is 0.01000. The first-order valence-corrected chi connectivity index (χ1v) is 5.32. The average molecular weight is 402 g/mol. The topological polar surface area (TPSA) is 12.9 Å². The van der Waals surface area contributed by atoms with Gasteiger partial charge in [0, 0.05) is 3.57 Å². The van der Waals surface area contributed by atoms with E-state index >= 15 is 0 Å². The van der Waals surface area contributed by atoms with E-state index in [1.807, 2.05) is 0 Å². The molecular weight excluding hydrogens is 400 g/mol. The van der Waals surface area contributed by atoms with Crippen molar-refractivity contribution in [1.29, 1.82) is 0 Å². The van der Waals surface area contributed by atoms with Gasteiger partial charge in [-0.2, -0.15) is 13.2 Å². The van der Waals surface area contributed by atoms with E-state index in [0.29, 0.717) is 0 Å². The molecule has 0 saturated carbocycles. The number of halogens is 7. The molecule has 8 heteroatoms. The summed E-state index contributed by atoms with van der Waals surface area (Å²) in [5, 5.41) is 0. The van der Waals surface area contributed by atoms with Gasteiger partial charge in [-0.05, 0) is 44.6 Å². The zero-order chi connectivity index (χ0) is 11.8. The molecule has 0 aliphatic carbocycles. The summed E-state index contributed by atoms with van der Waals surface area (Å²) in [6.07, 6.45) is -7.50. The molecule has 0 fully saturated rings. The molecule has 1 heterocycles. The molecule has 1 aromatic rings. The van der Waals surface area contributed by atoms with Gasteiger partial charge >= 0.3 is 6.18 Å². The molecule has 1 aromatic heterocycles. The maximum atomic E-state index is 12.3. The highest BCUT2D eigenvalue weighted by Crippen LogP contribution is 2.35. The molecule has 0 amide bonds. The maximum absolute atomic E-state index is 12.3. The highest BCUT2D eigenvalue weighted by atomic mass is 127. The van der Waals surface area contributed by atoms with Gasteiger partial charge in [-0.1, -0.05) is 0 Å². The fourth-order valence-electron chi connectivity index (χ4n) is 0.832. The summed E-state index contributed by atoms with van der Waals surface area (Å²) in [6, 6.07) is 0.769. The van der Waals surface area contributed by atoms with Gasteiger partial charge in [-0.25, -0.2) is 13.8 Å². The Morgan fingerprint density at radius 2 is 1.87 bits per heavy atom. The van der Waals surface area contributed by atoms with Crippen LogP contribution in [0, 0.1) is 3.57 Å². The zero-order valence-corrected chi connectivity index (χ0v) is 10.5. The first-order chi connectivity index (χ1) is 6.73. The van der Waals surface area contributed by atoms with Crippen LogP contribution < -0.4 is 0 Å². The smallest absolute Gasteiger partial charge is 0.235 e. The van der Waals surface area contributed by atoms with E-state index in [1.165, 1.54) is 22.6 Å². The molecule has 1 nitrogen and oxygen atoms in total. The Kier molecular flexibility index (Phi) is 3.90. The van der Waals surface area contributed by atoms with Crippen molar-refractivity contribution in [3.8, 4) is 0 Å². The molecule has 0 aliphatic rings. The maximum Gasteiger partial charge on any atom is 0.434 e. The summed E-state index contributed by atoms with van der Waals surface area (Å²) in [7, 11) is 0. The Balaban J connectivity index is 3.32. The summed E-state index contributed by atoms with van der Waals surface area (Å²) < 4.78 is 60.6. The summed E-state index contributed by atoms with van der Waals surface area (Å²) in [5.74, 6) is 0. The number of aromatic nitrogens is 1. The highest BCUT2D eigenvalue weighted by Gasteiger charge is 2.36. The molecule has 15 heavy (non-hydrogen) atoms. The van der Waals surface area contributed by atoms with Gasteiger partial charge in [0.2, 0.25) is 0 Å². The van der Waals surface area contributed by atoms with Gasteiger partial charge in [-0.15, -0.1) is 0 Å². The fraction of sp³-hybridized carbons (Fsp3) is 0.286. The van der Waals surface area contributed by atoms with Crippen molar-refractivity contribution in [3.05, 3.63) is 25.5 Å². The minimum atomic E-state index is -4.64. The molecule has 0 aliphatic heterocycles. The van der Waals surface area contributed by atoms with E-state index in [-0.39, 0.29) is 3.57 Å². The third-order valence-electron chi connectivity index (χ3n) is 1.46. The van der Waals surface area contributed by atoms with E-state index in [0.717, 1.165) is 6.07 Å². The van der Waals surface area contributed by atoms with Crippen molar-refractivity contribution >= 4 is 38.5 Å². The largest absolute Gasteiger partial charge is 0.434 e. The van der Waals surface area contributed by atoms with E-state index < -0.39 is 28.5 Å². The van der Waals surface area contributed by atoms with Crippen molar-refractivity contribution in [2.75, 3.05) is 0 Å². The van der Waals surface area contributed by atoms with E-state index in [2.05, 4.69) is 20.9 Å². The van der Waals surface area contributed by atoms with Crippen LogP contribution in [0.5, 0.6) is 0 Å². The normalized spacial score (nSPS) is 12.3. The molecule has 0 atom stereocenters. The number of pyridine rings is 1. The van der Waals surface area contributed by atoms with Crippen LogP contribution in [0.25, 0.3) is 0 Å². The Morgan fingerprint density at radius 1 is 1.33 bits per heavy atom. The predicted octanol–water partition coefficient (Wildman–Crippen LogP) is 4.41. The van der Waals surface area contributed by atoms with Crippen LogP contribution in [0.4, 0.5) is 22.0 Å². The molecule has 0 spiro atoms. The fourth-order valence-corrected chi connectivity index (χ4v) is 2.06. The number of hydrogen-bond donors (Lipinski definition) is 0. The van der Waals surface area contributed by atoms with Crippen LogP contribution in [0.15, 0.2) is 10.7 Å². The van der Waals surface area contributed by atoms with Gasteiger partial charge in [-0.3, -0.25) is 0 Å². The first kappa shape index (κ1) is 13.1. The number of hydrogen-bond acceptors (Lipinski definition) is 1. The molecule has 0 aromatic carbocycles. The van der Waals surface area contributed by atoms with E-state index in [1.54, 1.807) is 0 Å².